The van der Waals surface area contributed by atoms with Crippen molar-refractivity contribution in [3.05, 3.63) is 23.0 Å². The van der Waals surface area contributed by atoms with Gasteiger partial charge < -0.3 is 9.64 Å². The second-order valence-electron chi connectivity index (χ2n) is 7.71. The van der Waals surface area contributed by atoms with E-state index in [0.29, 0.717) is 25.3 Å². The molecule has 0 saturated carbocycles. The van der Waals surface area contributed by atoms with Crippen LogP contribution >= 0.6 is 11.6 Å². The number of ether oxygens (including phenoxy) is 1. The highest BCUT2D eigenvalue weighted by molar-refractivity contribution is 6.29. The summed E-state index contributed by atoms with van der Waals surface area (Å²) in [5, 5.41) is 0.0331. The number of pyridine rings is 1. The number of amides is 1. The van der Waals surface area contributed by atoms with E-state index < -0.39 is 23.7 Å². The molecule has 1 fully saturated rings. The summed E-state index contributed by atoms with van der Waals surface area (Å²) in [6.45, 7) is 10.4. The number of halogens is 3. The number of anilines is 1. The van der Waals surface area contributed by atoms with E-state index in [9.17, 15) is 13.6 Å². The molecule has 0 N–H and O–H groups in total. The van der Waals surface area contributed by atoms with Gasteiger partial charge in [0.25, 0.3) is 6.43 Å². The molecule has 1 aliphatic rings. The van der Waals surface area contributed by atoms with Gasteiger partial charge in [0.15, 0.2) is 0 Å². The summed E-state index contributed by atoms with van der Waals surface area (Å²) in [5.41, 5.74) is -1.17. The zero-order chi connectivity index (χ0) is 19.0. The number of carbonyl (C=O) groups is 1. The Morgan fingerprint density at radius 3 is 2.48 bits per heavy atom. The molecule has 2 rings (SSSR count). The van der Waals surface area contributed by atoms with Crippen molar-refractivity contribution < 1.29 is 18.3 Å². The van der Waals surface area contributed by atoms with E-state index in [4.69, 9.17) is 16.3 Å². The van der Waals surface area contributed by atoms with Crippen molar-refractivity contribution in [2.75, 3.05) is 24.5 Å². The lowest BCUT2D eigenvalue weighted by Gasteiger charge is -2.48. The molecule has 1 aliphatic heterocycles. The van der Waals surface area contributed by atoms with Gasteiger partial charge in [0.1, 0.15) is 16.4 Å². The summed E-state index contributed by atoms with van der Waals surface area (Å²) in [4.78, 5) is 19.6. The maximum Gasteiger partial charge on any atom is 0.410 e. The molecule has 1 amide bonds. The first-order valence-electron chi connectivity index (χ1n) is 8.11. The number of hydrogen-bond acceptors (Lipinski definition) is 4. The molecule has 8 heteroatoms. The molecule has 25 heavy (non-hydrogen) atoms. The topological polar surface area (TPSA) is 45.7 Å². The lowest BCUT2D eigenvalue weighted by molar-refractivity contribution is 0.000280. The second-order valence-corrected chi connectivity index (χ2v) is 8.09. The van der Waals surface area contributed by atoms with Crippen molar-refractivity contribution in [2.24, 2.45) is 0 Å². The quantitative estimate of drug-likeness (QED) is 0.713. The van der Waals surface area contributed by atoms with Gasteiger partial charge in [-0.05, 0) is 46.8 Å². The minimum absolute atomic E-state index is 0.0331. The van der Waals surface area contributed by atoms with Gasteiger partial charge in [0, 0.05) is 19.6 Å². The molecule has 1 aromatic rings. The molecule has 140 valence electrons. The van der Waals surface area contributed by atoms with E-state index in [-0.39, 0.29) is 10.8 Å². The van der Waals surface area contributed by atoms with Crippen LogP contribution in [0.2, 0.25) is 5.15 Å². The highest BCUT2D eigenvalue weighted by Gasteiger charge is 2.40. The summed E-state index contributed by atoms with van der Waals surface area (Å²) in [6.07, 6.45) is -3.12. The molecule has 1 saturated heterocycles. The highest BCUT2D eigenvalue weighted by Crippen LogP contribution is 2.33. The van der Waals surface area contributed by atoms with Crippen molar-refractivity contribution in [1.29, 1.82) is 0 Å². The van der Waals surface area contributed by atoms with Crippen LogP contribution in [0.25, 0.3) is 0 Å². The first kappa shape index (κ1) is 19.7. The molecule has 0 radical (unpaired) electrons. The Kier molecular flexibility index (Phi) is 5.47. The largest absolute Gasteiger partial charge is 0.444 e. The van der Waals surface area contributed by atoms with Crippen LogP contribution in [0, 0.1) is 0 Å². The first-order chi connectivity index (χ1) is 11.4. The number of hydrogen-bond donors (Lipinski definition) is 0. The molecule has 0 aliphatic carbocycles. The predicted octanol–water partition coefficient (Wildman–Crippen LogP) is 4.51. The molecule has 0 unspecified atom stereocenters. The molecule has 0 spiro atoms. The van der Waals surface area contributed by atoms with Crippen LogP contribution in [-0.2, 0) is 4.74 Å². The lowest BCUT2D eigenvalue weighted by atomic mass is 9.98. The minimum atomic E-state index is -2.72. The zero-order valence-corrected chi connectivity index (χ0v) is 15.9. The van der Waals surface area contributed by atoms with Crippen LogP contribution < -0.4 is 4.90 Å². The van der Waals surface area contributed by atoms with Gasteiger partial charge in [-0.15, -0.1) is 0 Å². The van der Waals surface area contributed by atoms with Crippen molar-refractivity contribution in [2.45, 2.75) is 52.2 Å². The molecule has 5 nitrogen and oxygen atoms in total. The Balaban J connectivity index is 2.22. The third-order valence-electron chi connectivity index (χ3n) is 3.93. The van der Waals surface area contributed by atoms with E-state index in [1.165, 1.54) is 6.07 Å². The average molecular weight is 376 g/mol. The van der Waals surface area contributed by atoms with Crippen LogP contribution in [0.1, 0.15) is 46.7 Å². The lowest BCUT2D eigenvalue weighted by Crippen LogP contribution is -2.62. The summed E-state index contributed by atoms with van der Waals surface area (Å²) < 4.78 is 32.1. The molecular weight excluding hydrogens is 352 g/mol. The van der Waals surface area contributed by atoms with Gasteiger partial charge in [0.05, 0.1) is 11.2 Å². The molecule has 2 heterocycles. The predicted molar refractivity (Wildman–Crippen MR) is 93.4 cm³/mol. The fraction of sp³-hybridized carbons (Fsp3) is 0.647. The van der Waals surface area contributed by atoms with Crippen LogP contribution in [-0.4, -0.2) is 46.8 Å². The molecular formula is C17H24ClF2N3O2. The fourth-order valence-electron chi connectivity index (χ4n) is 2.89. The van der Waals surface area contributed by atoms with E-state index in [1.54, 1.807) is 11.0 Å². The summed E-state index contributed by atoms with van der Waals surface area (Å²) >= 11 is 5.75. The van der Waals surface area contributed by atoms with Gasteiger partial charge >= 0.3 is 6.09 Å². The molecule has 0 atom stereocenters. The fourth-order valence-corrected chi connectivity index (χ4v) is 3.04. The third-order valence-corrected chi connectivity index (χ3v) is 4.14. The van der Waals surface area contributed by atoms with Crippen LogP contribution in [0.5, 0.6) is 0 Å². The van der Waals surface area contributed by atoms with Gasteiger partial charge in [-0.1, -0.05) is 11.6 Å². The third kappa shape index (κ3) is 4.71. The van der Waals surface area contributed by atoms with Gasteiger partial charge in [0.2, 0.25) is 0 Å². The summed E-state index contributed by atoms with van der Waals surface area (Å²) in [6, 6.07) is 3.05. The van der Waals surface area contributed by atoms with Gasteiger partial charge in [-0.3, -0.25) is 4.90 Å². The number of carbonyl (C=O) groups excluding carboxylic acids is 1. The van der Waals surface area contributed by atoms with Gasteiger partial charge in [-0.25, -0.2) is 18.6 Å². The van der Waals surface area contributed by atoms with Crippen LogP contribution in [0.15, 0.2) is 12.1 Å². The average Bonchev–Trinajstić information content (AvgIpc) is 2.43. The van der Waals surface area contributed by atoms with Crippen molar-refractivity contribution >= 4 is 23.4 Å². The number of piperazine rings is 1. The number of rotatable bonds is 2. The Labute approximate surface area is 151 Å². The maximum atomic E-state index is 13.3. The van der Waals surface area contributed by atoms with E-state index in [1.807, 2.05) is 39.5 Å². The van der Waals surface area contributed by atoms with E-state index in [0.717, 1.165) is 0 Å². The molecule has 0 aromatic carbocycles. The maximum absolute atomic E-state index is 13.3. The minimum Gasteiger partial charge on any atom is -0.444 e. The Hall–Kier alpha value is -1.63. The van der Waals surface area contributed by atoms with Crippen LogP contribution in [0.4, 0.5) is 19.3 Å². The van der Waals surface area contributed by atoms with Gasteiger partial charge in [-0.2, -0.15) is 0 Å². The molecule has 0 bridgehead atoms. The smallest absolute Gasteiger partial charge is 0.410 e. The number of alkyl halides is 2. The van der Waals surface area contributed by atoms with Crippen molar-refractivity contribution in [3.63, 3.8) is 0 Å². The Morgan fingerprint density at radius 2 is 1.96 bits per heavy atom. The van der Waals surface area contributed by atoms with E-state index in [2.05, 4.69) is 4.98 Å². The van der Waals surface area contributed by atoms with Crippen molar-refractivity contribution in [1.82, 2.24) is 9.88 Å². The Bertz CT molecular complexity index is 647. The second kappa shape index (κ2) is 6.94. The Morgan fingerprint density at radius 1 is 1.32 bits per heavy atom. The normalized spacial score (nSPS) is 17.8. The molecule has 1 aromatic heterocycles. The van der Waals surface area contributed by atoms with Crippen molar-refractivity contribution in [3.8, 4) is 0 Å². The van der Waals surface area contributed by atoms with E-state index >= 15 is 0 Å². The SMILES string of the molecule is CC(C)(C)OC(=O)N1CCN(c2ccc(Cl)nc2C(F)F)CC1(C)C. The zero-order valence-electron chi connectivity index (χ0n) is 15.1. The standard InChI is InChI=1S/C17H24ClF2N3O2/c1-16(2,3)25-15(24)23-9-8-22(10-17(23,4)5)11-6-7-12(18)21-13(11)14(19)20/h6-7,14H,8-10H2,1-5H3. The number of nitrogens with zero attached hydrogens (tertiary/aromatic N) is 3. The number of aromatic nitrogens is 1. The monoisotopic (exact) mass is 375 g/mol. The highest BCUT2D eigenvalue weighted by atomic mass is 35.5. The van der Waals surface area contributed by atoms with Crippen LogP contribution in [0.3, 0.4) is 0 Å². The summed E-state index contributed by atoms with van der Waals surface area (Å²) in [7, 11) is 0. The summed E-state index contributed by atoms with van der Waals surface area (Å²) in [5.74, 6) is 0. The first-order valence-corrected chi connectivity index (χ1v) is 8.49.